The van der Waals surface area contributed by atoms with Crippen molar-refractivity contribution in [3.63, 3.8) is 0 Å². The number of imidazole rings is 1. The highest BCUT2D eigenvalue weighted by molar-refractivity contribution is 7.99. The van der Waals surface area contributed by atoms with Gasteiger partial charge in [0.15, 0.2) is 16.6 Å². The highest BCUT2D eigenvalue weighted by Gasteiger charge is 2.25. The number of nitrogens with zero attached hydrogens (tertiary/aromatic N) is 5. The third-order valence-electron chi connectivity index (χ3n) is 4.82. The van der Waals surface area contributed by atoms with Crippen LogP contribution < -0.4 is 11.4 Å². The zero-order chi connectivity index (χ0) is 24.7. The van der Waals surface area contributed by atoms with Crippen LogP contribution in [0.1, 0.15) is 25.8 Å². The SMILES string of the molecule is CCCSc1nc(N)c2c(n1)n(Cc1ccccc1)c(=O)n2C(=O)N(C)CCOC(=O)OCC. The third kappa shape index (κ3) is 5.68. The fraction of sp³-hybridized carbons (Fsp3) is 0.409. The van der Waals surface area contributed by atoms with Gasteiger partial charge in [0.2, 0.25) is 0 Å². The van der Waals surface area contributed by atoms with Crippen LogP contribution in [0.3, 0.4) is 0 Å². The first-order valence-electron chi connectivity index (χ1n) is 10.9. The minimum Gasteiger partial charge on any atom is -0.435 e. The number of anilines is 1. The van der Waals surface area contributed by atoms with Crippen molar-refractivity contribution < 1.29 is 19.1 Å². The Kier molecular flexibility index (Phi) is 8.52. The van der Waals surface area contributed by atoms with Gasteiger partial charge >= 0.3 is 17.9 Å². The van der Waals surface area contributed by atoms with Gasteiger partial charge in [0.1, 0.15) is 12.1 Å². The molecule has 0 saturated carbocycles. The van der Waals surface area contributed by atoms with E-state index in [-0.39, 0.29) is 43.3 Å². The van der Waals surface area contributed by atoms with Crippen LogP contribution in [0, 0.1) is 0 Å². The van der Waals surface area contributed by atoms with Crippen molar-refractivity contribution in [1.29, 1.82) is 0 Å². The number of nitrogen functional groups attached to an aromatic ring is 1. The molecule has 1 amide bonds. The predicted octanol–water partition coefficient (Wildman–Crippen LogP) is 2.80. The maximum absolute atomic E-state index is 13.4. The molecular formula is C22H28N6O5S. The second-order valence-corrected chi connectivity index (χ2v) is 8.40. The normalized spacial score (nSPS) is 10.9. The zero-order valence-corrected chi connectivity index (χ0v) is 20.2. The van der Waals surface area contributed by atoms with Crippen molar-refractivity contribution in [3.05, 3.63) is 46.4 Å². The van der Waals surface area contributed by atoms with Gasteiger partial charge in [0, 0.05) is 12.8 Å². The number of likely N-dealkylation sites (N-methyl/N-ethyl adjacent to an activating group) is 1. The number of amides is 1. The second kappa shape index (κ2) is 11.5. The minimum absolute atomic E-state index is 0.0389. The van der Waals surface area contributed by atoms with Crippen molar-refractivity contribution in [1.82, 2.24) is 24.0 Å². The molecule has 2 aromatic heterocycles. The molecule has 11 nitrogen and oxygen atoms in total. The molecule has 34 heavy (non-hydrogen) atoms. The topological polar surface area (TPSA) is 135 Å². The zero-order valence-electron chi connectivity index (χ0n) is 19.4. The van der Waals surface area contributed by atoms with E-state index in [4.69, 9.17) is 15.2 Å². The molecule has 2 N–H and O–H groups in total. The number of ether oxygens (including phenoxy) is 2. The summed E-state index contributed by atoms with van der Waals surface area (Å²) in [6, 6.07) is 8.74. The Bertz CT molecular complexity index is 1210. The summed E-state index contributed by atoms with van der Waals surface area (Å²) in [5.41, 5.74) is 6.93. The van der Waals surface area contributed by atoms with E-state index >= 15 is 0 Å². The van der Waals surface area contributed by atoms with Gasteiger partial charge in [-0.15, -0.1) is 0 Å². The minimum atomic E-state index is -0.824. The number of aromatic nitrogens is 4. The molecule has 3 rings (SSSR count). The maximum Gasteiger partial charge on any atom is 0.508 e. The quantitative estimate of drug-likeness (QED) is 0.274. The molecule has 0 bridgehead atoms. The highest BCUT2D eigenvalue weighted by atomic mass is 32.2. The number of thioether (sulfide) groups is 1. The number of rotatable bonds is 9. The Labute approximate surface area is 200 Å². The standard InChI is InChI=1S/C22H28N6O5S/c1-4-13-34-19-24-17(23)16-18(25-19)27(14-15-9-7-6-8-10-15)21(30)28(16)20(29)26(3)11-12-33-22(31)32-5-2/h6-10H,4-5,11-14H2,1-3H3,(H2,23,24,25). The van der Waals surface area contributed by atoms with E-state index in [1.165, 1.54) is 28.3 Å². The van der Waals surface area contributed by atoms with E-state index in [1.54, 1.807) is 6.92 Å². The average molecular weight is 489 g/mol. The Balaban J connectivity index is 2.00. The van der Waals surface area contributed by atoms with E-state index in [9.17, 15) is 14.4 Å². The van der Waals surface area contributed by atoms with Crippen molar-refractivity contribution in [2.45, 2.75) is 32.0 Å². The molecule has 0 aliphatic heterocycles. The molecule has 0 spiro atoms. The van der Waals surface area contributed by atoms with Crippen LogP contribution in [-0.4, -0.2) is 68.7 Å². The number of hydrogen-bond acceptors (Lipinski definition) is 9. The molecular weight excluding hydrogens is 460 g/mol. The van der Waals surface area contributed by atoms with E-state index in [0.717, 1.165) is 22.3 Å². The lowest BCUT2D eigenvalue weighted by molar-refractivity contribution is 0.0551. The van der Waals surface area contributed by atoms with Crippen LogP contribution in [0.2, 0.25) is 0 Å². The molecule has 0 aliphatic rings. The molecule has 0 radical (unpaired) electrons. The molecule has 2 heterocycles. The van der Waals surface area contributed by atoms with Crippen molar-refractivity contribution in [2.24, 2.45) is 0 Å². The molecule has 3 aromatic rings. The van der Waals surface area contributed by atoms with Gasteiger partial charge in [-0.3, -0.25) is 4.57 Å². The van der Waals surface area contributed by atoms with Crippen LogP contribution in [0.25, 0.3) is 11.2 Å². The number of carbonyl (C=O) groups excluding carboxylic acids is 2. The predicted molar refractivity (Wildman–Crippen MR) is 129 cm³/mol. The van der Waals surface area contributed by atoms with E-state index < -0.39 is 17.9 Å². The fourth-order valence-electron chi connectivity index (χ4n) is 3.18. The van der Waals surface area contributed by atoms with Crippen LogP contribution in [0.5, 0.6) is 0 Å². The lowest BCUT2D eigenvalue weighted by Crippen LogP contribution is -2.40. The summed E-state index contributed by atoms with van der Waals surface area (Å²) in [6.45, 7) is 4.04. The number of nitrogens with two attached hydrogens (primary N) is 1. The smallest absolute Gasteiger partial charge is 0.435 e. The Morgan fingerprint density at radius 3 is 2.56 bits per heavy atom. The molecule has 0 saturated heterocycles. The van der Waals surface area contributed by atoms with Gasteiger partial charge in [-0.25, -0.2) is 28.9 Å². The summed E-state index contributed by atoms with van der Waals surface area (Å²) in [7, 11) is 1.49. The second-order valence-electron chi connectivity index (χ2n) is 7.34. The van der Waals surface area contributed by atoms with Crippen LogP contribution in [-0.2, 0) is 16.0 Å². The highest BCUT2D eigenvalue weighted by Crippen LogP contribution is 2.23. The summed E-state index contributed by atoms with van der Waals surface area (Å²) in [4.78, 5) is 48.2. The summed E-state index contributed by atoms with van der Waals surface area (Å²) in [6.07, 6.45) is 0.0933. The molecule has 1 aromatic carbocycles. The number of hydrogen-bond donors (Lipinski definition) is 1. The van der Waals surface area contributed by atoms with Gasteiger partial charge in [-0.2, -0.15) is 0 Å². The number of fused-ring (bicyclic) bond motifs is 1. The number of benzene rings is 1. The lowest BCUT2D eigenvalue weighted by Gasteiger charge is -2.17. The first-order chi connectivity index (χ1) is 16.4. The molecule has 0 atom stereocenters. The molecule has 0 unspecified atom stereocenters. The van der Waals surface area contributed by atoms with Crippen LogP contribution in [0.15, 0.2) is 40.3 Å². The summed E-state index contributed by atoms with van der Waals surface area (Å²) < 4.78 is 12.0. The molecule has 12 heteroatoms. The fourth-order valence-corrected chi connectivity index (χ4v) is 3.89. The summed E-state index contributed by atoms with van der Waals surface area (Å²) in [5.74, 6) is 0.827. The van der Waals surface area contributed by atoms with Crippen molar-refractivity contribution in [2.75, 3.05) is 38.3 Å². The van der Waals surface area contributed by atoms with Gasteiger partial charge < -0.3 is 20.1 Å². The van der Waals surface area contributed by atoms with E-state index in [1.807, 2.05) is 37.3 Å². The molecule has 182 valence electrons. The van der Waals surface area contributed by atoms with Gasteiger partial charge in [-0.05, 0) is 18.9 Å². The van der Waals surface area contributed by atoms with Crippen molar-refractivity contribution in [3.8, 4) is 0 Å². The molecule has 0 aliphatic carbocycles. The average Bonchev–Trinajstić information content (AvgIpc) is 3.09. The Morgan fingerprint density at radius 1 is 1.15 bits per heavy atom. The first-order valence-corrected chi connectivity index (χ1v) is 11.9. The number of carbonyl (C=O) groups is 2. The largest absolute Gasteiger partial charge is 0.508 e. The van der Waals surface area contributed by atoms with E-state index in [0.29, 0.717) is 5.16 Å². The summed E-state index contributed by atoms with van der Waals surface area (Å²) in [5, 5.41) is 0.439. The van der Waals surface area contributed by atoms with Gasteiger partial charge in [0.25, 0.3) is 0 Å². The Morgan fingerprint density at radius 2 is 1.88 bits per heavy atom. The third-order valence-corrected chi connectivity index (χ3v) is 5.87. The van der Waals surface area contributed by atoms with Crippen molar-refractivity contribution >= 4 is 40.9 Å². The summed E-state index contributed by atoms with van der Waals surface area (Å²) >= 11 is 1.43. The Hall–Kier alpha value is -3.54. The molecule has 0 fully saturated rings. The monoisotopic (exact) mass is 488 g/mol. The van der Waals surface area contributed by atoms with Crippen LogP contribution >= 0.6 is 11.8 Å². The van der Waals surface area contributed by atoms with Crippen LogP contribution in [0.4, 0.5) is 15.4 Å². The maximum atomic E-state index is 13.4. The van der Waals surface area contributed by atoms with Gasteiger partial charge in [-0.1, -0.05) is 49.0 Å². The first kappa shape index (κ1) is 25.1. The van der Waals surface area contributed by atoms with E-state index in [2.05, 4.69) is 9.97 Å². The van der Waals surface area contributed by atoms with Gasteiger partial charge in [0.05, 0.1) is 19.7 Å². The lowest BCUT2D eigenvalue weighted by atomic mass is 10.2.